The maximum Gasteiger partial charge on any atom is 0.183 e. The van der Waals surface area contributed by atoms with Crippen molar-refractivity contribution in [2.75, 3.05) is 0 Å². The summed E-state index contributed by atoms with van der Waals surface area (Å²) in [6.07, 6.45) is 3.68. The molecule has 0 bridgehead atoms. The number of benzene rings is 1. The first-order chi connectivity index (χ1) is 7.84. The summed E-state index contributed by atoms with van der Waals surface area (Å²) in [7, 11) is 0. The maximum absolute atomic E-state index is 4.22. The standard InChI is InChI=1S/C11H6BrN3S/c12-11-15-14-10(16-11)9-6-13-5-7-3-1-2-4-8(7)9/h1-6H. The van der Waals surface area contributed by atoms with Gasteiger partial charge in [-0.25, -0.2) is 0 Å². The highest BCUT2D eigenvalue weighted by Gasteiger charge is 2.08. The summed E-state index contributed by atoms with van der Waals surface area (Å²) >= 11 is 4.83. The van der Waals surface area contributed by atoms with Gasteiger partial charge in [-0.15, -0.1) is 10.2 Å². The van der Waals surface area contributed by atoms with E-state index in [1.165, 1.54) is 11.3 Å². The number of pyridine rings is 1. The number of nitrogens with zero attached hydrogens (tertiary/aromatic N) is 3. The molecule has 2 heterocycles. The van der Waals surface area contributed by atoms with Gasteiger partial charge in [0, 0.05) is 23.3 Å². The number of aromatic nitrogens is 3. The van der Waals surface area contributed by atoms with Gasteiger partial charge in [-0.3, -0.25) is 4.98 Å². The number of halogens is 1. The van der Waals surface area contributed by atoms with E-state index in [-0.39, 0.29) is 0 Å². The van der Waals surface area contributed by atoms with Crippen molar-refractivity contribution in [2.24, 2.45) is 0 Å². The molecule has 2 aromatic heterocycles. The van der Waals surface area contributed by atoms with Gasteiger partial charge in [-0.05, 0) is 21.3 Å². The lowest BCUT2D eigenvalue weighted by atomic mass is 10.1. The van der Waals surface area contributed by atoms with E-state index in [9.17, 15) is 0 Å². The van der Waals surface area contributed by atoms with Gasteiger partial charge in [0.1, 0.15) is 0 Å². The third-order valence-electron chi connectivity index (χ3n) is 2.30. The zero-order valence-electron chi connectivity index (χ0n) is 8.09. The van der Waals surface area contributed by atoms with Crippen LogP contribution in [0.5, 0.6) is 0 Å². The van der Waals surface area contributed by atoms with Crippen LogP contribution in [0.25, 0.3) is 21.3 Å². The summed E-state index contributed by atoms with van der Waals surface area (Å²) in [6.45, 7) is 0. The molecule has 3 nitrogen and oxygen atoms in total. The SMILES string of the molecule is Brc1nnc(-c2cncc3ccccc23)s1. The summed E-state index contributed by atoms with van der Waals surface area (Å²) in [5, 5.41) is 11.2. The summed E-state index contributed by atoms with van der Waals surface area (Å²) in [6, 6.07) is 8.13. The second-order valence-electron chi connectivity index (χ2n) is 3.27. The highest BCUT2D eigenvalue weighted by Crippen LogP contribution is 2.31. The van der Waals surface area contributed by atoms with Crippen molar-refractivity contribution in [3.63, 3.8) is 0 Å². The zero-order chi connectivity index (χ0) is 11.0. The van der Waals surface area contributed by atoms with Crippen LogP contribution in [0.4, 0.5) is 0 Å². The largest absolute Gasteiger partial charge is 0.263 e. The van der Waals surface area contributed by atoms with Crippen LogP contribution in [0.3, 0.4) is 0 Å². The fourth-order valence-corrected chi connectivity index (χ4v) is 2.74. The van der Waals surface area contributed by atoms with E-state index in [2.05, 4.69) is 37.2 Å². The molecule has 0 saturated carbocycles. The van der Waals surface area contributed by atoms with Crippen LogP contribution in [0.2, 0.25) is 0 Å². The van der Waals surface area contributed by atoms with Crippen molar-refractivity contribution in [2.45, 2.75) is 0 Å². The Morgan fingerprint density at radius 2 is 1.94 bits per heavy atom. The van der Waals surface area contributed by atoms with E-state index >= 15 is 0 Å². The molecule has 0 amide bonds. The van der Waals surface area contributed by atoms with Gasteiger partial charge in [0.05, 0.1) is 0 Å². The molecule has 0 spiro atoms. The molecule has 0 aliphatic carbocycles. The van der Waals surface area contributed by atoms with Crippen LogP contribution >= 0.6 is 27.3 Å². The molecule has 0 atom stereocenters. The Morgan fingerprint density at radius 3 is 2.75 bits per heavy atom. The molecule has 0 fully saturated rings. The van der Waals surface area contributed by atoms with Gasteiger partial charge in [-0.2, -0.15) is 0 Å². The Hall–Kier alpha value is -1.33. The first kappa shape index (κ1) is 9.86. The Balaban J connectivity index is 2.31. The smallest absolute Gasteiger partial charge is 0.183 e. The third kappa shape index (κ3) is 1.62. The molecule has 0 aliphatic rings. The maximum atomic E-state index is 4.22. The van der Waals surface area contributed by atoms with Gasteiger partial charge in [0.2, 0.25) is 0 Å². The third-order valence-corrected chi connectivity index (χ3v) is 3.69. The Bertz CT molecular complexity index is 645. The van der Waals surface area contributed by atoms with Crippen LogP contribution in [-0.2, 0) is 0 Å². The molecular formula is C11H6BrN3S. The highest BCUT2D eigenvalue weighted by atomic mass is 79.9. The molecule has 1 aromatic carbocycles. The topological polar surface area (TPSA) is 38.7 Å². The Kier molecular flexibility index (Phi) is 2.41. The number of hydrogen-bond acceptors (Lipinski definition) is 4. The van der Waals surface area contributed by atoms with Crippen molar-refractivity contribution >= 4 is 38.0 Å². The summed E-state index contributed by atoms with van der Waals surface area (Å²) in [5.74, 6) is 0. The quantitative estimate of drug-likeness (QED) is 0.689. The van der Waals surface area contributed by atoms with Crippen LogP contribution in [0, 0.1) is 0 Å². The summed E-state index contributed by atoms with van der Waals surface area (Å²) in [4.78, 5) is 4.22. The molecule has 0 aliphatic heterocycles. The fraction of sp³-hybridized carbons (Fsp3) is 0. The fourth-order valence-electron chi connectivity index (χ4n) is 1.60. The minimum atomic E-state index is 0.787. The van der Waals surface area contributed by atoms with E-state index in [0.717, 1.165) is 25.3 Å². The van der Waals surface area contributed by atoms with Crippen molar-refractivity contribution < 1.29 is 0 Å². The predicted molar refractivity (Wildman–Crippen MR) is 68.3 cm³/mol. The first-order valence-electron chi connectivity index (χ1n) is 4.67. The molecule has 5 heteroatoms. The lowest BCUT2D eigenvalue weighted by Gasteiger charge is -2.01. The van der Waals surface area contributed by atoms with Crippen molar-refractivity contribution in [1.29, 1.82) is 0 Å². The highest BCUT2D eigenvalue weighted by molar-refractivity contribution is 9.11. The molecule has 3 rings (SSSR count). The van der Waals surface area contributed by atoms with Crippen LogP contribution < -0.4 is 0 Å². The predicted octanol–water partition coefficient (Wildman–Crippen LogP) is 3.52. The second kappa shape index (κ2) is 3.92. The van der Waals surface area contributed by atoms with E-state index in [1.807, 2.05) is 30.6 Å². The van der Waals surface area contributed by atoms with E-state index in [0.29, 0.717) is 0 Å². The van der Waals surface area contributed by atoms with Crippen LogP contribution in [0.1, 0.15) is 0 Å². The Labute approximate surface area is 104 Å². The summed E-state index contributed by atoms with van der Waals surface area (Å²) < 4.78 is 0.787. The van der Waals surface area contributed by atoms with E-state index < -0.39 is 0 Å². The van der Waals surface area contributed by atoms with Crippen molar-refractivity contribution in [3.8, 4) is 10.6 Å². The number of hydrogen-bond donors (Lipinski definition) is 0. The van der Waals surface area contributed by atoms with E-state index in [4.69, 9.17) is 0 Å². The number of rotatable bonds is 1. The molecule has 0 radical (unpaired) electrons. The van der Waals surface area contributed by atoms with Gasteiger partial charge in [0.25, 0.3) is 0 Å². The van der Waals surface area contributed by atoms with Crippen LogP contribution in [0.15, 0.2) is 40.6 Å². The molecule has 78 valence electrons. The average Bonchev–Trinajstić information content (AvgIpc) is 2.75. The second-order valence-corrected chi connectivity index (χ2v) is 5.52. The van der Waals surface area contributed by atoms with Crippen LogP contribution in [-0.4, -0.2) is 15.2 Å². The minimum Gasteiger partial charge on any atom is -0.263 e. The van der Waals surface area contributed by atoms with Gasteiger partial charge in [-0.1, -0.05) is 35.6 Å². The molecule has 3 aromatic rings. The molecule has 16 heavy (non-hydrogen) atoms. The first-order valence-corrected chi connectivity index (χ1v) is 6.28. The lowest BCUT2D eigenvalue weighted by Crippen LogP contribution is -1.82. The number of fused-ring (bicyclic) bond motifs is 1. The molecule has 0 N–H and O–H groups in total. The van der Waals surface area contributed by atoms with E-state index in [1.54, 1.807) is 0 Å². The van der Waals surface area contributed by atoms with Gasteiger partial charge >= 0.3 is 0 Å². The average molecular weight is 292 g/mol. The normalized spacial score (nSPS) is 10.8. The van der Waals surface area contributed by atoms with Crippen molar-refractivity contribution in [3.05, 3.63) is 40.6 Å². The molecule has 0 unspecified atom stereocenters. The van der Waals surface area contributed by atoms with Crippen molar-refractivity contribution in [1.82, 2.24) is 15.2 Å². The zero-order valence-corrected chi connectivity index (χ0v) is 10.5. The monoisotopic (exact) mass is 291 g/mol. The summed E-state index contributed by atoms with van der Waals surface area (Å²) in [5.41, 5.74) is 1.03. The Morgan fingerprint density at radius 1 is 1.06 bits per heavy atom. The minimum absolute atomic E-state index is 0.787. The van der Waals surface area contributed by atoms with Gasteiger partial charge < -0.3 is 0 Å². The lowest BCUT2D eigenvalue weighted by molar-refractivity contribution is 1.07. The molecular weight excluding hydrogens is 286 g/mol. The van der Waals surface area contributed by atoms with Gasteiger partial charge in [0.15, 0.2) is 8.92 Å². The molecule has 0 saturated heterocycles.